The Bertz CT molecular complexity index is 998. The summed E-state index contributed by atoms with van der Waals surface area (Å²) in [6, 6.07) is 9.75. The van der Waals surface area contributed by atoms with Crippen molar-refractivity contribution in [1.82, 2.24) is 0 Å². The first-order chi connectivity index (χ1) is 13.4. The highest BCUT2D eigenvalue weighted by Gasteiger charge is 2.22. The number of ether oxygens (including phenoxy) is 2. The maximum Gasteiger partial charge on any atom is 0.367 e. The SMILES string of the molecule is COc1cc(/C=C2/C(=O)ON=C2C)cc(I)c1OCc1ccc([N+](=O)[O-])cc1. The summed E-state index contributed by atoms with van der Waals surface area (Å²) < 4.78 is 12.1. The fourth-order valence-corrected chi connectivity index (χ4v) is 3.30. The van der Waals surface area contributed by atoms with Crippen LogP contribution in [0.4, 0.5) is 5.69 Å². The van der Waals surface area contributed by atoms with Gasteiger partial charge in [-0.15, -0.1) is 0 Å². The zero-order valence-electron chi connectivity index (χ0n) is 15.0. The first-order valence-corrected chi connectivity index (χ1v) is 9.18. The van der Waals surface area contributed by atoms with Crippen molar-refractivity contribution in [2.24, 2.45) is 5.16 Å². The van der Waals surface area contributed by atoms with Gasteiger partial charge in [-0.05, 0) is 71.0 Å². The molecule has 0 fully saturated rings. The van der Waals surface area contributed by atoms with Crippen LogP contribution in [0, 0.1) is 13.7 Å². The number of methoxy groups -OCH3 is 1. The lowest BCUT2D eigenvalue weighted by molar-refractivity contribution is -0.384. The second kappa shape index (κ2) is 8.38. The second-order valence-electron chi connectivity index (χ2n) is 5.86. The Morgan fingerprint density at radius 1 is 1.29 bits per heavy atom. The molecule has 0 aromatic heterocycles. The van der Waals surface area contributed by atoms with E-state index in [0.29, 0.717) is 22.8 Å². The van der Waals surface area contributed by atoms with Crippen molar-refractivity contribution in [3.05, 3.63) is 66.8 Å². The molecular weight excluding hydrogens is 479 g/mol. The number of nitrogens with zero attached hydrogens (tertiary/aromatic N) is 2. The van der Waals surface area contributed by atoms with Crippen LogP contribution >= 0.6 is 22.6 Å². The van der Waals surface area contributed by atoms with E-state index in [1.807, 2.05) is 6.07 Å². The predicted octanol–water partition coefficient (Wildman–Crippen LogP) is 4.10. The molecule has 0 aliphatic carbocycles. The van der Waals surface area contributed by atoms with Gasteiger partial charge in [0.05, 0.1) is 26.9 Å². The average Bonchev–Trinajstić information content (AvgIpc) is 2.99. The molecule has 0 radical (unpaired) electrons. The van der Waals surface area contributed by atoms with E-state index < -0.39 is 10.9 Å². The topological polar surface area (TPSA) is 100 Å². The molecule has 0 bridgehead atoms. The number of halogens is 1. The Labute approximate surface area is 174 Å². The summed E-state index contributed by atoms with van der Waals surface area (Å²) in [5.41, 5.74) is 2.45. The molecule has 1 heterocycles. The minimum absolute atomic E-state index is 0.0255. The highest BCUT2D eigenvalue weighted by molar-refractivity contribution is 14.1. The lowest BCUT2D eigenvalue weighted by Crippen LogP contribution is -2.03. The van der Waals surface area contributed by atoms with Gasteiger partial charge < -0.3 is 14.3 Å². The Morgan fingerprint density at radius 2 is 2.00 bits per heavy atom. The summed E-state index contributed by atoms with van der Waals surface area (Å²) in [6.07, 6.45) is 1.68. The summed E-state index contributed by atoms with van der Waals surface area (Å²) >= 11 is 2.12. The summed E-state index contributed by atoms with van der Waals surface area (Å²) in [4.78, 5) is 26.7. The molecule has 0 N–H and O–H groups in total. The first-order valence-electron chi connectivity index (χ1n) is 8.10. The van der Waals surface area contributed by atoms with Gasteiger partial charge in [0.1, 0.15) is 6.61 Å². The molecule has 0 amide bonds. The molecule has 9 heteroatoms. The molecule has 2 aromatic rings. The molecule has 2 aromatic carbocycles. The Kier molecular flexibility index (Phi) is 5.93. The number of carbonyl (C=O) groups is 1. The largest absolute Gasteiger partial charge is 0.493 e. The Hall–Kier alpha value is -2.95. The van der Waals surface area contributed by atoms with Crippen molar-refractivity contribution in [3.8, 4) is 11.5 Å². The second-order valence-corrected chi connectivity index (χ2v) is 7.02. The van der Waals surface area contributed by atoms with Gasteiger partial charge in [0.2, 0.25) is 0 Å². The molecule has 144 valence electrons. The lowest BCUT2D eigenvalue weighted by Gasteiger charge is -2.14. The van der Waals surface area contributed by atoms with Gasteiger partial charge in [0.25, 0.3) is 5.69 Å². The van der Waals surface area contributed by atoms with Gasteiger partial charge in [-0.2, -0.15) is 0 Å². The molecule has 0 spiro atoms. The minimum atomic E-state index is -0.495. The van der Waals surface area contributed by atoms with E-state index in [0.717, 1.165) is 14.7 Å². The van der Waals surface area contributed by atoms with Crippen molar-refractivity contribution in [2.75, 3.05) is 7.11 Å². The maximum absolute atomic E-state index is 11.7. The van der Waals surface area contributed by atoms with Crippen LogP contribution in [-0.2, 0) is 16.2 Å². The molecule has 0 unspecified atom stereocenters. The van der Waals surface area contributed by atoms with E-state index in [9.17, 15) is 14.9 Å². The molecule has 0 saturated heterocycles. The van der Waals surface area contributed by atoms with Crippen LogP contribution in [0.15, 0.2) is 47.1 Å². The molecule has 1 aliphatic heterocycles. The van der Waals surface area contributed by atoms with Crippen LogP contribution in [0.3, 0.4) is 0 Å². The van der Waals surface area contributed by atoms with Crippen LogP contribution in [0.5, 0.6) is 11.5 Å². The normalized spacial score (nSPS) is 14.6. The fourth-order valence-electron chi connectivity index (χ4n) is 2.52. The van der Waals surface area contributed by atoms with E-state index in [1.54, 1.807) is 31.2 Å². The maximum atomic E-state index is 11.7. The Balaban J connectivity index is 1.82. The van der Waals surface area contributed by atoms with Gasteiger partial charge in [-0.1, -0.05) is 5.16 Å². The number of nitro groups is 1. The molecule has 28 heavy (non-hydrogen) atoms. The smallest absolute Gasteiger partial charge is 0.367 e. The molecule has 8 nitrogen and oxygen atoms in total. The number of oxime groups is 1. The van der Waals surface area contributed by atoms with Gasteiger partial charge >= 0.3 is 5.97 Å². The van der Waals surface area contributed by atoms with Crippen molar-refractivity contribution in [2.45, 2.75) is 13.5 Å². The monoisotopic (exact) mass is 494 g/mol. The number of hydrogen-bond acceptors (Lipinski definition) is 7. The van der Waals surface area contributed by atoms with Gasteiger partial charge in [0, 0.05) is 12.1 Å². The van der Waals surface area contributed by atoms with Crippen LogP contribution in [0.25, 0.3) is 6.08 Å². The zero-order valence-corrected chi connectivity index (χ0v) is 17.1. The van der Waals surface area contributed by atoms with E-state index in [1.165, 1.54) is 19.2 Å². The standard InChI is InChI=1S/C19H15IN2O6/c1-11-15(19(23)28-21-11)7-13-8-16(20)18(17(9-13)26-2)27-10-12-3-5-14(6-4-12)22(24)25/h3-9H,10H2,1-2H3/b15-7+. The molecule has 1 aliphatic rings. The molecule has 3 rings (SSSR count). The quantitative estimate of drug-likeness (QED) is 0.197. The molecule has 0 atom stereocenters. The predicted molar refractivity (Wildman–Crippen MR) is 110 cm³/mol. The zero-order chi connectivity index (χ0) is 20.3. The van der Waals surface area contributed by atoms with Crippen LogP contribution < -0.4 is 9.47 Å². The van der Waals surface area contributed by atoms with E-state index in [4.69, 9.17) is 9.47 Å². The summed E-state index contributed by atoms with van der Waals surface area (Å²) in [5, 5.41) is 14.4. The number of carbonyl (C=O) groups excluding carboxylic acids is 1. The lowest BCUT2D eigenvalue weighted by atomic mass is 10.1. The summed E-state index contributed by atoms with van der Waals surface area (Å²) in [5.74, 6) is 0.551. The highest BCUT2D eigenvalue weighted by atomic mass is 127. The highest BCUT2D eigenvalue weighted by Crippen LogP contribution is 2.35. The summed E-state index contributed by atoms with van der Waals surface area (Å²) in [7, 11) is 1.53. The fraction of sp³-hybridized carbons (Fsp3) is 0.158. The van der Waals surface area contributed by atoms with Crippen LogP contribution in [-0.4, -0.2) is 23.7 Å². The van der Waals surface area contributed by atoms with Gasteiger partial charge in [-0.25, -0.2) is 4.79 Å². The average molecular weight is 494 g/mol. The van der Waals surface area contributed by atoms with E-state index in [2.05, 4.69) is 32.6 Å². The third-order valence-corrected chi connectivity index (χ3v) is 4.77. The van der Waals surface area contributed by atoms with Crippen LogP contribution in [0.2, 0.25) is 0 Å². The van der Waals surface area contributed by atoms with E-state index >= 15 is 0 Å². The summed E-state index contributed by atoms with van der Waals surface area (Å²) in [6.45, 7) is 1.92. The van der Waals surface area contributed by atoms with Gasteiger partial charge in [-0.3, -0.25) is 10.1 Å². The van der Waals surface area contributed by atoms with E-state index in [-0.39, 0.29) is 12.3 Å². The molecular formula is C19H15IN2O6. The van der Waals surface area contributed by atoms with Crippen molar-refractivity contribution in [1.29, 1.82) is 0 Å². The third-order valence-electron chi connectivity index (χ3n) is 3.97. The van der Waals surface area contributed by atoms with Crippen molar-refractivity contribution >= 4 is 46.0 Å². The van der Waals surface area contributed by atoms with Gasteiger partial charge in [0.15, 0.2) is 11.5 Å². The van der Waals surface area contributed by atoms with Crippen molar-refractivity contribution in [3.63, 3.8) is 0 Å². The first kappa shape index (κ1) is 19.8. The third kappa shape index (κ3) is 4.30. The van der Waals surface area contributed by atoms with Crippen LogP contribution in [0.1, 0.15) is 18.1 Å². The number of hydrogen-bond donors (Lipinski definition) is 0. The number of rotatable bonds is 6. The number of non-ortho nitro benzene ring substituents is 1. The Morgan fingerprint density at radius 3 is 2.57 bits per heavy atom. The van der Waals surface area contributed by atoms with Crippen molar-refractivity contribution < 1.29 is 24.0 Å². The molecule has 0 saturated carbocycles. The minimum Gasteiger partial charge on any atom is -0.493 e. The number of benzene rings is 2. The number of nitro benzene ring substituents is 1.